The van der Waals surface area contributed by atoms with Crippen LogP contribution in [0.4, 0.5) is 0 Å². The molecular formula is C21H18N4O3. The van der Waals surface area contributed by atoms with Gasteiger partial charge in [-0.3, -0.25) is 14.0 Å². The summed E-state index contributed by atoms with van der Waals surface area (Å²) in [6, 6.07) is 12.8. The van der Waals surface area contributed by atoms with Gasteiger partial charge in [-0.1, -0.05) is 30.0 Å². The van der Waals surface area contributed by atoms with Crippen molar-refractivity contribution in [3.8, 4) is 23.1 Å². The highest BCUT2D eigenvalue weighted by atomic mass is 16.3. The van der Waals surface area contributed by atoms with Crippen LogP contribution in [-0.2, 0) is 4.79 Å². The largest absolute Gasteiger partial charge is 0.369 e. The molecule has 3 heterocycles. The predicted octanol–water partition coefficient (Wildman–Crippen LogP) is 1.04. The number of carbonyl (C=O) groups is 2. The Morgan fingerprint density at radius 1 is 1.29 bits per heavy atom. The van der Waals surface area contributed by atoms with E-state index in [2.05, 4.69) is 16.8 Å². The van der Waals surface area contributed by atoms with Crippen molar-refractivity contribution in [3.63, 3.8) is 0 Å². The number of primary amides is 1. The molecule has 7 heteroatoms. The second kappa shape index (κ2) is 6.51. The molecule has 1 aliphatic rings. The summed E-state index contributed by atoms with van der Waals surface area (Å²) in [5.74, 6) is 4.75. The first-order chi connectivity index (χ1) is 13.4. The average molecular weight is 374 g/mol. The second-order valence-corrected chi connectivity index (χ2v) is 6.77. The summed E-state index contributed by atoms with van der Waals surface area (Å²) < 4.78 is 1.64. The number of rotatable bonds is 2. The van der Waals surface area contributed by atoms with Crippen molar-refractivity contribution >= 4 is 17.3 Å². The fourth-order valence-corrected chi connectivity index (χ4v) is 3.31. The van der Waals surface area contributed by atoms with Crippen molar-refractivity contribution in [1.29, 1.82) is 0 Å². The lowest BCUT2D eigenvalue weighted by atomic mass is 10.0. The predicted molar refractivity (Wildman–Crippen MR) is 103 cm³/mol. The van der Waals surface area contributed by atoms with Gasteiger partial charge in [0.1, 0.15) is 0 Å². The summed E-state index contributed by atoms with van der Waals surface area (Å²) >= 11 is 0. The van der Waals surface area contributed by atoms with Crippen LogP contribution in [0.3, 0.4) is 0 Å². The number of carbonyl (C=O) groups excluding carboxylic acids is 2. The average Bonchev–Trinajstić information content (AvgIpc) is 3.21. The van der Waals surface area contributed by atoms with E-state index in [0.717, 1.165) is 11.1 Å². The van der Waals surface area contributed by atoms with Gasteiger partial charge in [-0.2, -0.15) is 0 Å². The molecule has 0 aliphatic carbocycles. The molecule has 2 aromatic heterocycles. The number of nitrogens with zero attached hydrogens (tertiary/aromatic N) is 3. The number of benzene rings is 1. The van der Waals surface area contributed by atoms with Gasteiger partial charge >= 0.3 is 0 Å². The Bertz CT molecular complexity index is 1170. The van der Waals surface area contributed by atoms with Crippen LogP contribution in [-0.4, -0.2) is 50.4 Å². The fraction of sp³-hybridized carbons (Fsp3) is 0.190. The van der Waals surface area contributed by atoms with Gasteiger partial charge < -0.3 is 15.7 Å². The van der Waals surface area contributed by atoms with Gasteiger partial charge in [0, 0.05) is 37.3 Å². The van der Waals surface area contributed by atoms with Crippen molar-refractivity contribution in [2.75, 3.05) is 13.6 Å². The number of amides is 2. The number of hydrogen-bond acceptors (Lipinski definition) is 4. The Kier molecular flexibility index (Phi) is 4.13. The molecular weight excluding hydrogens is 356 g/mol. The van der Waals surface area contributed by atoms with Gasteiger partial charge in [-0.05, 0) is 24.3 Å². The first-order valence-electron chi connectivity index (χ1n) is 8.77. The van der Waals surface area contributed by atoms with E-state index in [1.54, 1.807) is 35.8 Å². The van der Waals surface area contributed by atoms with Crippen LogP contribution < -0.4 is 5.73 Å². The number of aromatic nitrogens is 2. The molecule has 1 aliphatic heterocycles. The van der Waals surface area contributed by atoms with Crippen molar-refractivity contribution in [2.45, 2.75) is 12.0 Å². The standard InChI is InChI=1S/C21H18N4O3/c1-24-12-10-21(28,20(24)27)9-8-14-5-4-6-15(13-14)17-16-7-2-3-11-25(16)19(23-17)18(22)26/h2-7,11,13,28H,10,12H2,1H3,(H2,22,26). The smallest absolute Gasteiger partial charge is 0.285 e. The molecule has 3 aromatic rings. The Hall–Kier alpha value is -3.63. The molecule has 2 amide bonds. The Morgan fingerprint density at radius 3 is 2.82 bits per heavy atom. The van der Waals surface area contributed by atoms with Gasteiger partial charge in [0.25, 0.3) is 11.8 Å². The Labute approximate surface area is 161 Å². The van der Waals surface area contributed by atoms with Crippen LogP contribution >= 0.6 is 0 Å². The minimum absolute atomic E-state index is 0.149. The summed E-state index contributed by atoms with van der Waals surface area (Å²) in [5.41, 5.74) is 6.53. The maximum Gasteiger partial charge on any atom is 0.285 e. The number of fused-ring (bicyclic) bond motifs is 1. The number of imidazole rings is 1. The van der Waals surface area contributed by atoms with Gasteiger partial charge in [-0.15, -0.1) is 0 Å². The first-order valence-corrected chi connectivity index (χ1v) is 8.77. The second-order valence-electron chi connectivity index (χ2n) is 6.77. The molecule has 28 heavy (non-hydrogen) atoms. The van der Waals surface area contributed by atoms with Crippen LogP contribution in [0.25, 0.3) is 16.8 Å². The lowest BCUT2D eigenvalue weighted by Crippen LogP contribution is -2.37. The molecule has 0 saturated carbocycles. The van der Waals surface area contributed by atoms with Crippen LogP contribution in [0.15, 0.2) is 48.7 Å². The zero-order valence-electron chi connectivity index (χ0n) is 15.2. The third-order valence-electron chi connectivity index (χ3n) is 4.83. The molecule has 7 nitrogen and oxygen atoms in total. The van der Waals surface area contributed by atoms with E-state index in [0.29, 0.717) is 17.8 Å². The molecule has 1 saturated heterocycles. The van der Waals surface area contributed by atoms with E-state index < -0.39 is 11.5 Å². The summed E-state index contributed by atoms with van der Waals surface area (Å²) in [5, 5.41) is 10.5. The van der Waals surface area contributed by atoms with Crippen molar-refractivity contribution < 1.29 is 14.7 Å². The molecule has 1 unspecified atom stereocenters. The molecule has 3 N–H and O–H groups in total. The summed E-state index contributed by atoms with van der Waals surface area (Å²) in [6.07, 6.45) is 2.01. The highest BCUT2D eigenvalue weighted by molar-refractivity contribution is 5.93. The highest BCUT2D eigenvalue weighted by Crippen LogP contribution is 2.26. The number of nitrogens with two attached hydrogens (primary N) is 1. The monoisotopic (exact) mass is 374 g/mol. The third-order valence-corrected chi connectivity index (χ3v) is 4.83. The van der Waals surface area contributed by atoms with Gasteiger partial charge in [0.05, 0.1) is 11.2 Å². The summed E-state index contributed by atoms with van der Waals surface area (Å²) in [4.78, 5) is 29.7. The van der Waals surface area contributed by atoms with Crippen LogP contribution in [0.1, 0.15) is 22.6 Å². The molecule has 140 valence electrons. The zero-order valence-corrected chi connectivity index (χ0v) is 15.2. The number of likely N-dealkylation sites (N-methyl/N-ethyl adjacent to an activating group) is 1. The quantitative estimate of drug-likeness (QED) is 0.655. The van der Waals surface area contributed by atoms with E-state index in [1.807, 2.05) is 24.3 Å². The van der Waals surface area contributed by atoms with Crippen molar-refractivity contribution in [2.24, 2.45) is 5.73 Å². The van der Waals surface area contributed by atoms with E-state index in [1.165, 1.54) is 4.90 Å². The lowest BCUT2D eigenvalue weighted by Gasteiger charge is -2.13. The van der Waals surface area contributed by atoms with Crippen LogP contribution in [0, 0.1) is 11.8 Å². The van der Waals surface area contributed by atoms with Gasteiger partial charge in [0.2, 0.25) is 11.4 Å². The number of hydrogen-bond donors (Lipinski definition) is 2. The Balaban J connectivity index is 1.76. The molecule has 1 aromatic carbocycles. The lowest BCUT2D eigenvalue weighted by molar-refractivity contribution is -0.137. The number of aliphatic hydroxyl groups is 1. The molecule has 0 radical (unpaired) electrons. The van der Waals surface area contributed by atoms with E-state index in [9.17, 15) is 14.7 Å². The maximum absolute atomic E-state index is 12.1. The molecule has 1 atom stereocenters. The summed E-state index contributed by atoms with van der Waals surface area (Å²) in [7, 11) is 1.64. The number of likely N-dealkylation sites (tertiary alicyclic amines) is 1. The van der Waals surface area contributed by atoms with Crippen molar-refractivity contribution in [3.05, 3.63) is 60.0 Å². The number of pyridine rings is 1. The normalized spacial score (nSPS) is 18.9. The molecule has 0 bridgehead atoms. The third kappa shape index (κ3) is 2.90. The minimum Gasteiger partial charge on any atom is -0.369 e. The topological polar surface area (TPSA) is 101 Å². The molecule has 0 spiro atoms. The van der Waals surface area contributed by atoms with E-state index in [4.69, 9.17) is 5.73 Å². The van der Waals surface area contributed by atoms with Gasteiger partial charge in [0.15, 0.2) is 0 Å². The Morgan fingerprint density at radius 2 is 2.11 bits per heavy atom. The summed E-state index contributed by atoms with van der Waals surface area (Å²) in [6.45, 7) is 0.473. The van der Waals surface area contributed by atoms with Crippen LogP contribution in [0.5, 0.6) is 0 Å². The van der Waals surface area contributed by atoms with Gasteiger partial charge in [-0.25, -0.2) is 4.98 Å². The van der Waals surface area contributed by atoms with Crippen molar-refractivity contribution in [1.82, 2.24) is 14.3 Å². The van der Waals surface area contributed by atoms with E-state index in [-0.39, 0.29) is 18.2 Å². The zero-order chi connectivity index (χ0) is 19.9. The maximum atomic E-state index is 12.1. The minimum atomic E-state index is -1.65. The highest BCUT2D eigenvalue weighted by Gasteiger charge is 2.42. The first kappa shape index (κ1) is 17.8. The SMILES string of the molecule is CN1CCC(O)(C#Cc2cccc(-c3nc(C(N)=O)n4ccccc34)c2)C1=O. The fourth-order valence-electron chi connectivity index (χ4n) is 3.31. The molecule has 4 rings (SSSR count). The van der Waals surface area contributed by atoms with E-state index >= 15 is 0 Å². The molecule has 1 fully saturated rings. The van der Waals surface area contributed by atoms with Crippen LogP contribution in [0.2, 0.25) is 0 Å².